The summed E-state index contributed by atoms with van der Waals surface area (Å²) < 4.78 is 34.9. The molecule has 1 saturated heterocycles. The van der Waals surface area contributed by atoms with Crippen LogP contribution in [0.1, 0.15) is 30.0 Å². The third-order valence-electron chi connectivity index (χ3n) is 6.68. The summed E-state index contributed by atoms with van der Waals surface area (Å²) in [6, 6.07) is 7.93. The lowest BCUT2D eigenvalue weighted by Crippen LogP contribution is -2.46. The van der Waals surface area contributed by atoms with E-state index in [4.69, 9.17) is 10.00 Å². The molecule has 3 aromatic rings. The summed E-state index contributed by atoms with van der Waals surface area (Å²) >= 11 is 0. The first-order valence-corrected chi connectivity index (χ1v) is 11.9. The average molecular weight is 480 g/mol. The largest absolute Gasteiger partial charge is 0.493 e. The van der Waals surface area contributed by atoms with Gasteiger partial charge in [-0.15, -0.1) is 0 Å². The molecule has 5 rings (SSSR count). The monoisotopic (exact) mass is 479 g/mol. The molecule has 0 saturated carbocycles. The Morgan fingerprint density at radius 2 is 1.86 bits per heavy atom. The molecule has 1 fully saturated rings. The van der Waals surface area contributed by atoms with Gasteiger partial charge in [0.2, 0.25) is 0 Å². The molecule has 35 heavy (non-hydrogen) atoms. The van der Waals surface area contributed by atoms with Crippen molar-refractivity contribution in [2.75, 3.05) is 49.5 Å². The zero-order valence-electron chi connectivity index (χ0n) is 19.6. The highest BCUT2D eigenvalue weighted by atomic mass is 19.1. The van der Waals surface area contributed by atoms with Gasteiger partial charge in [0.1, 0.15) is 11.4 Å². The number of anilines is 2. The Morgan fingerprint density at radius 1 is 1.11 bits per heavy atom. The van der Waals surface area contributed by atoms with Gasteiger partial charge in [-0.05, 0) is 49.6 Å². The number of aromatic nitrogens is 1. The smallest absolute Gasteiger partial charge is 0.253 e. The Balaban J connectivity index is 1.37. The Labute approximate surface area is 201 Å². The number of hydrogen-bond acceptors (Lipinski definition) is 6. The molecule has 1 aromatic heterocycles. The molecule has 182 valence electrons. The maximum atomic E-state index is 14.5. The van der Waals surface area contributed by atoms with Crippen LogP contribution in [0.25, 0.3) is 10.9 Å². The number of fused-ring (bicyclic) bond motifs is 3. The van der Waals surface area contributed by atoms with Crippen LogP contribution in [0.3, 0.4) is 0 Å². The molecular formula is C26H27F2N5O2. The van der Waals surface area contributed by atoms with Crippen molar-refractivity contribution in [3.63, 3.8) is 0 Å². The van der Waals surface area contributed by atoms with Crippen molar-refractivity contribution in [3.05, 3.63) is 62.9 Å². The summed E-state index contributed by atoms with van der Waals surface area (Å²) in [5.74, 6) is -0.694. The molecule has 0 aliphatic carbocycles. The SMILES string of the molecule is CCOc1cc(CN2CCN(c3c(F)cc(C#N)cc3F)CC2)cc2[nH]c(=O)c3c(c12)NCCC3. The Hall–Kier alpha value is -3.64. The molecule has 9 heteroatoms. The van der Waals surface area contributed by atoms with Gasteiger partial charge in [-0.25, -0.2) is 8.78 Å². The molecule has 2 aliphatic rings. The lowest BCUT2D eigenvalue weighted by Gasteiger charge is -2.36. The Kier molecular flexibility index (Phi) is 6.31. The molecule has 0 bridgehead atoms. The Bertz CT molecular complexity index is 1350. The number of hydrogen-bond donors (Lipinski definition) is 2. The molecule has 2 aliphatic heterocycles. The van der Waals surface area contributed by atoms with E-state index < -0.39 is 11.6 Å². The molecule has 7 nitrogen and oxygen atoms in total. The van der Waals surface area contributed by atoms with E-state index >= 15 is 0 Å². The molecule has 0 spiro atoms. The van der Waals surface area contributed by atoms with E-state index in [0.29, 0.717) is 39.3 Å². The van der Waals surface area contributed by atoms with Gasteiger partial charge in [0.25, 0.3) is 5.56 Å². The van der Waals surface area contributed by atoms with Crippen LogP contribution in [-0.2, 0) is 13.0 Å². The average Bonchev–Trinajstić information content (AvgIpc) is 2.84. The third-order valence-corrected chi connectivity index (χ3v) is 6.68. The van der Waals surface area contributed by atoms with Gasteiger partial charge >= 0.3 is 0 Å². The third kappa shape index (κ3) is 4.42. The molecule has 0 radical (unpaired) electrons. The highest BCUT2D eigenvalue weighted by Crippen LogP contribution is 2.36. The molecular weight excluding hydrogens is 452 g/mol. The number of nitrogens with one attached hydrogen (secondary N) is 2. The number of pyridine rings is 1. The maximum absolute atomic E-state index is 14.5. The summed E-state index contributed by atoms with van der Waals surface area (Å²) in [6.45, 7) is 6.03. The van der Waals surface area contributed by atoms with Crippen molar-refractivity contribution >= 4 is 22.3 Å². The second-order valence-corrected chi connectivity index (χ2v) is 8.95. The fourth-order valence-corrected chi connectivity index (χ4v) is 5.08. The van der Waals surface area contributed by atoms with E-state index in [9.17, 15) is 13.6 Å². The number of aromatic amines is 1. The molecule has 2 N–H and O–H groups in total. The van der Waals surface area contributed by atoms with Crippen LogP contribution < -0.4 is 20.5 Å². The molecule has 0 atom stereocenters. The Morgan fingerprint density at radius 3 is 2.54 bits per heavy atom. The van der Waals surface area contributed by atoms with Gasteiger partial charge in [0.05, 0.1) is 34.8 Å². The lowest BCUT2D eigenvalue weighted by molar-refractivity contribution is 0.248. The first-order valence-electron chi connectivity index (χ1n) is 11.9. The van der Waals surface area contributed by atoms with Crippen molar-refractivity contribution in [2.24, 2.45) is 0 Å². The summed E-state index contributed by atoms with van der Waals surface area (Å²) in [5.41, 5.74) is 3.20. The molecule has 0 unspecified atom stereocenters. The van der Waals surface area contributed by atoms with Gasteiger partial charge in [-0.3, -0.25) is 9.69 Å². The molecule has 3 heterocycles. The van der Waals surface area contributed by atoms with Crippen LogP contribution in [0.15, 0.2) is 29.1 Å². The van der Waals surface area contributed by atoms with Crippen molar-refractivity contribution in [1.82, 2.24) is 9.88 Å². The van der Waals surface area contributed by atoms with Crippen molar-refractivity contribution in [3.8, 4) is 11.8 Å². The van der Waals surface area contributed by atoms with Crippen molar-refractivity contribution in [1.29, 1.82) is 5.26 Å². The highest BCUT2D eigenvalue weighted by Gasteiger charge is 2.24. The fourth-order valence-electron chi connectivity index (χ4n) is 5.08. The van der Waals surface area contributed by atoms with Crippen LogP contribution in [0.4, 0.5) is 20.2 Å². The van der Waals surface area contributed by atoms with E-state index in [1.54, 1.807) is 11.0 Å². The van der Waals surface area contributed by atoms with Crippen molar-refractivity contribution in [2.45, 2.75) is 26.3 Å². The summed E-state index contributed by atoms with van der Waals surface area (Å²) in [4.78, 5) is 19.6. The topological polar surface area (TPSA) is 84.4 Å². The van der Waals surface area contributed by atoms with Gasteiger partial charge in [-0.1, -0.05) is 0 Å². The number of nitrogens with zero attached hydrogens (tertiary/aromatic N) is 3. The van der Waals surface area contributed by atoms with Crippen molar-refractivity contribution < 1.29 is 13.5 Å². The maximum Gasteiger partial charge on any atom is 0.253 e. The number of piperazine rings is 1. The quantitative estimate of drug-likeness (QED) is 0.580. The number of H-pyrrole nitrogens is 1. The van der Waals surface area contributed by atoms with Crippen LogP contribution >= 0.6 is 0 Å². The van der Waals surface area contributed by atoms with E-state index in [1.807, 2.05) is 19.1 Å². The second-order valence-electron chi connectivity index (χ2n) is 8.95. The second kappa shape index (κ2) is 9.55. The minimum absolute atomic E-state index is 0.0294. The van der Waals surface area contributed by atoms with Crippen LogP contribution in [0, 0.1) is 23.0 Å². The van der Waals surface area contributed by atoms with Crippen LogP contribution in [0.5, 0.6) is 5.75 Å². The van der Waals surface area contributed by atoms with Crippen LogP contribution in [0.2, 0.25) is 0 Å². The minimum atomic E-state index is -0.716. The standard InChI is InChI=1S/C26H27F2N5O2/c1-2-35-22-13-17(12-21-23(22)24-18(26(34)31-21)4-3-5-30-24)15-32-6-8-33(9-7-32)25-19(27)10-16(14-29)11-20(25)28/h10-13,30H,2-9,15H2,1H3,(H,31,34). The predicted octanol–water partition coefficient (Wildman–Crippen LogP) is 3.76. The number of rotatable bonds is 5. The predicted molar refractivity (Wildman–Crippen MR) is 131 cm³/mol. The number of benzene rings is 2. The van der Waals surface area contributed by atoms with Gasteiger partial charge in [-0.2, -0.15) is 5.26 Å². The summed E-state index contributed by atoms with van der Waals surface area (Å²) in [7, 11) is 0. The summed E-state index contributed by atoms with van der Waals surface area (Å²) in [5, 5.41) is 13.2. The van der Waals surface area contributed by atoms with Gasteiger partial charge in [0.15, 0.2) is 11.6 Å². The summed E-state index contributed by atoms with van der Waals surface area (Å²) in [6.07, 6.45) is 1.66. The number of halogens is 2. The lowest BCUT2D eigenvalue weighted by atomic mass is 9.99. The van der Waals surface area contributed by atoms with E-state index in [2.05, 4.69) is 15.2 Å². The first-order chi connectivity index (χ1) is 17.0. The number of ether oxygens (including phenoxy) is 1. The van der Waals surface area contributed by atoms with Gasteiger partial charge < -0.3 is 19.9 Å². The highest BCUT2D eigenvalue weighted by molar-refractivity contribution is 5.98. The first kappa shape index (κ1) is 23.1. The molecule has 2 aromatic carbocycles. The normalized spacial score (nSPS) is 16.0. The molecule has 0 amide bonds. The van der Waals surface area contributed by atoms with E-state index in [1.165, 1.54) is 0 Å². The zero-order valence-corrected chi connectivity index (χ0v) is 19.6. The van der Waals surface area contributed by atoms with E-state index in [-0.39, 0.29) is 16.8 Å². The van der Waals surface area contributed by atoms with Gasteiger partial charge in [0, 0.05) is 44.8 Å². The minimum Gasteiger partial charge on any atom is -0.493 e. The number of nitriles is 1. The zero-order chi connectivity index (χ0) is 24.5. The fraction of sp³-hybridized carbons (Fsp3) is 0.385. The van der Waals surface area contributed by atoms with Crippen LogP contribution in [-0.4, -0.2) is 49.2 Å². The van der Waals surface area contributed by atoms with E-state index in [0.717, 1.165) is 65.0 Å².